The van der Waals surface area contributed by atoms with E-state index in [1.54, 1.807) is 0 Å². The Balaban J connectivity index is 2.64. The van der Waals surface area contributed by atoms with E-state index in [1.165, 1.54) is 12.0 Å². The lowest BCUT2D eigenvalue weighted by Crippen LogP contribution is -2.21. The summed E-state index contributed by atoms with van der Waals surface area (Å²) in [5, 5.41) is 8.87. The molecule has 1 N–H and O–H groups in total. The van der Waals surface area contributed by atoms with Crippen LogP contribution in [0.1, 0.15) is 33.1 Å². The van der Waals surface area contributed by atoms with E-state index in [9.17, 15) is 0 Å². The molecule has 0 heterocycles. The van der Waals surface area contributed by atoms with E-state index >= 15 is 0 Å². The first-order valence-electron chi connectivity index (χ1n) is 4.39. The molecule has 0 amide bonds. The molecule has 1 saturated carbocycles. The molecule has 0 radical (unpaired) electrons. The topological polar surface area (TPSA) is 20.2 Å². The lowest BCUT2D eigenvalue weighted by molar-refractivity contribution is 0.169. The van der Waals surface area contributed by atoms with E-state index in [2.05, 4.69) is 20.4 Å². The lowest BCUT2D eigenvalue weighted by Gasteiger charge is -2.28. The molecule has 1 rings (SSSR count). The minimum atomic E-state index is 0.314. The molecular formula is C10H18O. The van der Waals surface area contributed by atoms with Crippen molar-refractivity contribution in [2.24, 2.45) is 11.3 Å². The zero-order chi connectivity index (χ0) is 8.48. The Morgan fingerprint density at radius 1 is 1.73 bits per heavy atom. The van der Waals surface area contributed by atoms with Crippen molar-refractivity contribution in [1.82, 2.24) is 0 Å². The van der Waals surface area contributed by atoms with Crippen LogP contribution in [0.2, 0.25) is 0 Å². The summed E-state index contributed by atoms with van der Waals surface area (Å²) in [7, 11) is 0. The maximum atomic E-state index is 8.87. The summed E-state index contributed by atoms with van der Waals surface area (Å²) < 4.78 is 0. The molecule has 1 aliphatic rings. The Kier molecular flexibility index (Phi) is 2.38. The molecule has 1 nitrogen and oxygen atoms in total. The van der Waals surface area contributed by atoms with Crippen molar-refractivity contribution in [2.45, 2.75) is 33.1 Å². The van der Waals surface area contributed by atoms with Crippen LogP contribution in [0.3, 0.4) is 0 Å². The van der Waals surface area contributed by atoms with Crippen LogP contribution in [-0.2, 0) is 0 Å². The van der Waals surface area contributed by atoms with Crippen LogP contribution in [0, 0.1) is 11.3 Å². The number of aliphatic hydroxyl groups excluding tert-OH is 1. The second-order valence-electron chi connectivity index (χ2n) is 4.01. The van der Waals surface area contributed by atoms with E-state index in [0.29, 0.717) is 17.9 Å². The zero-order valence-corrected chi connectivity index (χ0v) is 7.56. The standard InChI is InChI=1S/C10H18O/c1-8-4-5-10(3,6-7-11)9(8)2/h9,11H,1,4-7H2,2-3H3. The van der Waals surface area contributed by atoms with Gasteiger partial charge in [-0.25, -0.2) is 0 Å². The zero-order valence-electron chi connectivity index (χ0n) is 7.56. The van der Waals surface area contributed by atoms with Crippen LogP contribution in [0.25, 0.3) is 0 Å². The van der Waals surface area contributed by atoms with Crippen LogP contribution in [0.15, 0.2) is 12.2 Å². The fraction of sp³-hybridized carbons (Fsp3) is 0.800. The molecule has 64 valence electrons. The highest BCUT2D eigenvalue weighted by Crippen LogP contribution is 2.47. The molecule has 2 atom stereocenters. The number of allylic oxidation sites excluding steroid dienone is 1. The Bertz CT molecular complexity index is 162. The molecule has 11 heavy (non-hydrogen) atoms. The number of aliphatic hydroxyl groups is 1. The highest BCUT2D eigenvalue weighted by molar-refractivity contribution is 5.11. The maximum absolute atomic E-state index is 8.87. The summed E-state index contributed by atoms with van der Waals surface area (Å²) in [6, 6.07) is 0. The Morgan fingerprint density at radius 2 is 2.36 bits per heavy atom. The normalized spacial score (nSPS) is 38.1. The van der Waals surface area contributed by atoms with Crippen molar-refractivity contribution in [3.05, 3.63) is 12.2 Å². The van der Waals surface area contributed by atoms with Crippen LogP contribution in [0.4, 0.5) is 0 Å². The second-order valence-corrected chi connectivity index (χ2v) is 4.01. The minimum absolute atomic E-state index is 0.314. The number of hydrogen-bond acceptors (Lipinski definition) is 1. The van der Waals surface area contributed by atoms with Gasteiger partial charge in [0, 0.05) is 6.61 Å². The largest absolute Gasteiger partial charge is 0.396 e. The van der Waals surface area contributed by atoms with Crippen molar-refractivity contribution in [3.8, 4) is 0 Å². The molecule has 1 heteroatoms. The first-order chi connectivity index (χ1) is 5.10. The highest BCUT2D eigenvalue weighted by Gasteiger charge is 2.37. The summed E-state index contributed by atoms with van der Waals surface area (Å²) in [4.78, 5) is 0. The first-order valence-corrected chi connectivity index (χ1v) is 4.39. The fourth-order valence-corrected chi connectivity index (χ4v) is 1.97. The summed E-state index contributed by atoms with van der Waals surface area (Å²) >= 11 is 0. The van der Waals surface area contributed by atoms with Gasteiger partial charge in [0.1, 0.15) is 0 Å². The molecule has 0 bridgehead atoms. The Morgan fingerprint density at radius 3 is 2.73 bits per heavy atom. The van der Waals surface area contributed by atoms with Crippen molar-refractivity contribution < 1.29 is 5.11 Å². The summed E-state index contributed by atoms with van der Waals surface area (Å²) in [6.45, 7) is 8.83. The van der Waals surface area contributed by atoms with Gasteiger partial charge in [-0.2, -0.15) is 0 Å². The third kappa shape index (κ3) is 1.48. The third-order valence-electron chi connectivity index (χ3n) is 3.36. The lowest BCUT2D eigenvalue weighted by atomic mass is 9.77. The van der Waals surface area contributed by atoms with Crippen molar-refractivity contribution in [3.63, 3.8) is 0 Å². The Labute approximate surface area is 69.1 Å². The Hall–Kier alpha value is -0.300. The van der Waals surface area contributed by atoms with E-state index in [0.717, 1.165) is 12.8 Å². The monoisotopic (exact) mass is 154 g/mol. The molecule has 0 spiro atoms. The van der Waals surface area contributed by atoms with Crippen LogP contribution < -0.4 is 0 Å². The molecule has 0 saturated heterocycles. The molecular weight excluding hydrogens is 136 g/mol. The first kappa shape index (κ1) is 8.79. The average molecular weight is 154 g/mol. The molecule has 2 unspecified atom stereocenters. The van der Waals surface area contributed by atoms with Crippen LogP contribution in [0.5, 0.6) is 0 Å². The van der Waals surface area contributed by atoms with Crippen molar-refractivity contribution in [1.29, 1.82) is 0 Å². The molecule has 1 aliphatic carbocycles. The fourth-order valence-electron chi connectivity index (χ4n) is 1.97. The predicted molar refractivity (Wildman–Crippen MR) is 47.3 cm³/mol. The summed E-state index contributed by atoms with van der Waals surface area (Å²) in [5.74, 6) is 0.592. The van der Waals surface area contributed by atoms with Crippen molar-refractivity contribution >= 4 is 0 Å². The van der Waals surface area contributed by atoms with Crippen LogP contribution in [-0.4, -0.2) is 11.7 Å². The van der Waals surface area contributed by atoms with Gasteiger partial charge in [0.2, 0.25) is 0 Å². The van der Waals surface area contributed by atoms with Gasteiger partial charge in [-0.1, -0.05) is 26.0 Å². The number of rotatable bonds is 2. The SMILES string of the molecule is C=C1CCC(C)(CCO)C1C. The van der Waals surface area contributed by atoms with E-state index < -0.39 is 0 Å². The van der Waals surface area contributed by atoms with Crippen molar-refractivity contribution in [2.75, 3.05) is 6.61 Å². The second kappa shape index (κ2) is 2.98. The van der Waals surface area contributed by atoms with Gasteiger partial charge < -0.3 is 5.11 Å². The predicted octanol–water partition coefficient (Wildman–Crippen LogP) is 2.36. The van der Waals surface area contributed by atoms with Gasteiger partial charge in [0.05, 0.1) is 0 Å². The average Bonchev–Trinajstić information content (AvgIpc) is 2.19. The van der Waals surface area contributed by atoms with Gasteiger partial charge in [-0.3, -0.25) is 0 Å². The highest BCUT2D eigenvalue weighted by atomic mass is 16.3. The molecule has 0 aromatic rings. The number of hydrogen-bond donors (Lipinski definition) is 1. The molecule has 0 aliphatic heterocycles. The van der Waals surface area contributed by atoms with Gasteiger partial charge in [-0.05, 0) is 30.6 Å². The smallest absolute Gasteiger partial charge is 0.0436 e. The van der Waals surface area contributed by atoms with Gasteiger partial charge in [0.15, 0.2) is 0 Å². The maximum Gasteiger partial charge on any atom is 0.0436 e. The van der Waals surface area contributed by atoms with Gasteiger partial charge in [0.25, 0.3) is 0 Å². The third-order valence-corrected chi connectivity index (χ3v) is 3.36. The van der Waals surface area contributed by atoms with E-state index in [1.807, 2.05) is 0 Å². The molecule has 0 aromatic carbocycles. The molecule has 0 aromatic heterocycles. The van der Waals surface area contributed by atoms with E-state index in [4.69, 9.17) is 5.11 Å². The summed E-state index contributed by atoms with van der Waals surface area (Å²) in [5.41, 5.74) is 1.69. The quantitative estimate of drug-likeness (QED) is 0.605. The minimum Gasteiger partial charge on any atom is -0.396 e. The van der Waals surface area contributed by atoms with Gasteiger partial charge in [-0.15, -0.1) is 0 Å². The van der Waals surface area contributed by atoms with Crippen LogP contribution >= 0.6 is 0 Å². The molecule has 1 fully saturated rings. The summed E-state index contributed by atoms with van der Waals surface area (Å²) in [6.07, 6.45) is 3.28. The van der Waals surface area contributed by atoms with Gasteiger partial charge >= 0.3 is 0 Å². The van der Waals surface area contributed by atoms with E-state index in [-0.39, 0.29) is 0 Å².